The van der Waals surface area contributed by atoms with Crippen LogP contribution in [0.25, 0.3) is 0 Å². The molecule has 3 aliphatic heterocycles. The largest absolute Gasteiger partial charge is 0.469 e. The van der Waals surface area contributed by atoms with Gasteiger partial charge < -0.3 is 14.2 Å². The monoisotopic (exact) mass is 282 g/mol. The molecule has 0 amide bonds. The summed E-state index contributed by atoms with van der Waals surface area (Å²) in [5.74, 6) is -1.17. The molecule has 0 aromatic heterocycles. The Bertz CT molecular complexity index is 447. The van der Waals surface area contributed by atoms with Crippen molar-refractivity contribution in [3.05, 3.63) is 0 Å². The lowest BCUT2D eigenvalue weighted by Gasteiger charge is -2.46. The summed E-state index contributed by atoms with van der Waals surface area (Å²) in [4.78, 5) is 24.3. The fourth-order valence-corrected chi connectivity index (χ4v) is 4.91. The second kappa shape index (κ2) is 4.20. The van der Waals surface area contributed by atoms with Gasteiger partial charge in [0.25, 0.3) is 0 Å². The van der Waals surface area contributed by atoms with Crippen LogP contribution < -0.4 is 0 Å². The van der Waals surface area contributed by atoms with E-state index in [2.05, 4.69) is 27.7 Å². The Morgan fingerprint density at radius 3 is 2.30 bits per heavy atom. The van der Waals surface area contributed by atoms with E-state index in [0.717, 1.165) is 0 Å². The molecule has 112 valence electrons. The van der Waals surface area contributed by atoms with Crippen LogP contribution >= 0.6 is 0 Å². The number of ether oxygens (including phenoxy) is 3. The molecule has 2 bridgehead atoms. The molecule has 3 saturated heterocycles. The summed E-state index contributed by atoms with van der Waals surface area (Å²) in [5.41, 5.74) is -0.313. The standard InChI is InChI=1S/C15H22O5/c1-6(2)15(7(3)4)11-9(13(16)18-5)8-10(19-11)12(15)20-14(8)17/h6-12H,1-5H3. The predicted molar refractivity (Wildman–Crippen MR) is 69.6 cm³/mol. The summed E-state index contributed by atoms with van der Waals surface area (Å²) in [7, 11) is 1.36. The molecule has 0 saturated carbocycles. The van der Waals surface area contributed by atoms with E-state index in [4.69, 9.17) is 14.2 Å². The number of hydrogen-bond donors (Lipinski definition) is 0. The van der Waals surface area contributed by atoms with E-state index >= 15 is 0 Å². The van der Waals surface area contributed by atoms with E-state index in [1.54, 1.807) is 0 Å². The molecule has 3 fully saturated rings. The van der Waals surface area contributed by atoms with Crippen molar-refractivity contribution in [2.24, 2.45) is 29.1 Å². The van der Waals surface area contributed by atoms with Crippen LogP contribution in [0.1, 0.15) is 27.7 Å². The van der Waals surface area contributed by atoms with Crippen LogP contribution in [0.15, 0.2) is 0 Å². The smallest absolute Gasteiger partial charge is 0.313 e. The van der Waals surface area contributed by atoms with Gasteiger partial charge in [-0.3, -0.25) is 9.59 Å². The number of carbonyl (C=O) groups excluding carboxylic acids is 2. The van der Waals surface area contributed by atoms with Gasteiger partial charge in [-0.05, 0) is 11.8 Å². The van der Waals surface area contributed by atoms with Crippen molar-refractivity contribution in [1.82, 2.24) is 0 Å². The summed E-state index contributed by atoms with van der Waals surface area (Å²) in [6.07, 6.45) is -0.811. The summed E-state index contributed by atoms with van der Waals surface area (Å²) in [6, 6.07) is 0. The molecule has 3 heterocycles. The zero-order valence-electron chi connectivity index (χ0n) is 12.6. The number of esters is 2. The third kappa shape index (κ3) is 1.32. The van der Waals surface area contributed by atoms with Gasteiger partial charge in [-0.1, -0.05) is 27.7 Å². The normalized spacial score (nSPS) is 40.5. The molecule has 0 aromatic carbocycles. The van der Waals surface area contributed by atoms with E-state index < -0.39 is 11.8 Å². The minimum atomic E-state index is -0.527. The van der Waals surface area contributed by atoms with Crippen LogP contribution in [0.2, 0.25) is 0 Å². The summed E-state index contributed by atoms with van der Waals surface area (Å²) >= 11 is 0. The number of hydrogen-bond acceptors (Lipinski definition) is 5. The summed E-state index contributed by atoms with van der Waals surface area (Å²) in [6.45, 7) is 8.44. The Morgan fingerprint density at radius 2 is 1.80 bits per heavy atom. The Labute approximate surface area is 118 Å². The van der Waals surface area contributed by atoms with Gasteiger partial charge in [-0.2, -0.15) is 0 Å². The van der Waals surface area contributed by atoms with Crippen molar-refractivity contribution < 1.29 is 23.8 Å². The van der Waals surface area contributed by atoms with Gasteiger partial charge >= 0.3 is 11.9 Å². The summed E-state index contributed by atoms with van der Waals surface area (Å²) < 4.78 is 16.6. The molecular weight excluding hydrogens is 260 g/mol. The van der Waals surface area contributed by atoms with Crippen LogP contribution in [0.5, 0.6) is 0 Å². The van der Waals surface area contributed by atoms with Gasteiger partial charge in [0.15, 0.2) is 0 Å². The topological polar surface area (TPSA) is 61.8 Å². The van der Waals surface area contributed by atoms with Crippen molar-refractivity contribution >= 4 is 11.9 Å². The van der Waals surface area contributed by atoms with Crippen LogP contribution in [-0.2, 0) is 23.8 Å². The van der Waals surface area contributed by atoms with Gasteiger partial charge in [-0.25, -0.2) is 0 Å². The summed E-state index contributed by atoms with van der Waals surface area (Å²) in [5, 5.41) is 0. The fourth-order valence-electron chi connectivity index (χ4n) is 4.91. The quantitative estimate of drug-likeness (QED) is 0.732. The Hall–Kier alpha value is -1.10. The third-order valence-corrected chi connectivity index (χ3v) is 5.64. The van der Waals surface area contributed by atoms with Gasteiger partial charge in [-0.15, -0.1) is 0 Å². The molecule has 0 aromatic rings. The molecule has 3 aliphatic rings. The first-order valence-electron chi connectivity index (χ1n) is 7.31. The van der Waals surface area contributed by atoms with E-state index in [9.17, 15) is 9.59 Å². The maximum atomic E-state index is 12.2. The van der Waals surface area contributed by atoms with Crippen LogP contribution in [0.3, 0.4) is 0 Å². The highest BCUT2D eigenvalue weighted by Gasteiger charge is 2.77. The highest BCUT2D eigenvalue weighted by Crippen LogP contribution is 2.64. The first-order valence-corrected chi connectivity index (χ1v) is 7.31. The van der Waals surface area contributed by atoms with Gasteiger partial charge in [0.1, 0.15) is 18.1 Å². The second-order valence-electron chi connectivity index (χ2n) is 6.76. The van der Waals surface area contributed by atoms with Crippen LogP contribution in [0, 0.1) is 29.1 Å². The van der Waals surface area contributed by atoms with Gasteiger partial charge in [0.2, 0.25) is 0 Å². The van der Waals surface area contributed by atoms with Crippen molar-refractivity contribution in [2.45, 2.75) is 46.0 Å². The highest BCUT2D eigenvalue weighted by atomic mass is 16.6. The first-order chi connectivity index (χ1) is 9.37. The molecule has 0 radical (unpaired) electrons. The number of carbonyl (C=O) groups is 2. The SMILES string of the molecule is COC(=O)C1C2C(=O)OC3C2OC1C3(C(C)C)C(C)C. The van der Waals surface area contributed by atoms with Crippen LogP contribution in [0.4, 0.5) is 0 Å². The minimum Gasteiger partial charge on any atom is -0.469 e. The fraction of sp³-hybridized carbons (Fsp3) is 0.867. The van der Waals surface area contributed by atoms with E-state index in [0.29, 0.717) is 0 Å². The average molecular weight is 282 g/mol. The lowest BCUT2D eigenvalue weighted by atomic mass is 9.55. The maximum absolute atomic E-state index is 12.2. The Kier molecular flexibility index (Phi) is 2.91. The Balaban J connectivity index is 2.12. The number of fused-ring (bicyclic) bond motifs is 1. The van der Waals surface area contributed by atoms with Gasteiger partial charge in [0, 0.05) is 5.41 Å². The molecule has 20 heavy (non-hydrogen) atoms. The van der Waals surface area contributed by atoms with Crippen LogP contribution in [-0.4, -0.2) is 37.4 Å². The Morgan fingerprint density at radius 1 is 1.20 bits per heavy atom. The zero-order chi connectivity index (χ0) is 14.8. The molecular formula is C15H22O5. The highest BCUT2D eigenvalue weighted by molar-refractivity contribution is 5.86. The van der Waals surface area contributed by atoms with E-state index in [1.807, 2.05) is 0 Å². The molecule has 5 nitrogen and oxygen atoms in total. The van der Waals surface area contributed by atoms with Gasteiger partial charge in [0.05, 0.1) is 19.1 Å². The number of rotatable bonds is 3. The van der Waals surface area contributed by atoms with Crippen molar-refractivity contribution in [3.63, 3.8) is 0 Å². The third-order valence-electron chi connectivity index (χ3n) is 5.64. The van der Waals surface area contributed by atoms with Crippen molar-refractivity contribution in [3.8, 4) is 0 Å². The maximum Gasteiger partial charge on any atom is 0.313 e. The average Bonchev–Trinajstić information content (AvgIpc) is 2.96. The minimum absolute atomic E-state index is 0.231. The predicted octanol–water partition coefficient (Wildman–Crippen LogP) is 1.40. The molecule has 5 atom stereocenters. The first kappa shape index (κ1) is 13.9. The molecule has 5 unspecified atom stereocenters. The molecule has 0 spiro atoms. The van der Waals surface area contributed by atoms with Crippen molar-refractivity contribution in [2.75, 3.05) is 7.11 Å². The lowest BCUT2D eigenvalue weighted by molar-refractivity contribution is -0.154. The molecule has 0 N–H and O–H groups in total. The van der Waals surface area contributed by atoms with E-state index in [-0.39, 0.29) is 47.5 Å². The van der Waals surface area contributed by atoms with Crippen molar-refractivity contribution in [1.29, 1.82) is 0 Å². The molecule has 0 aliphatic carbocycles. The second-order valence-corrected chi connectivity index (χ2v) is 6.76. The molecule has 5 heteroatoms. The lowest BCUT2D eigenvalue weighted by Crippen LogP contribution is -2.56. The number of methoxy groups -OCH3 is 1. The van der Waals surface area contributed by atoms with E-state index in [1.165, 1.54) is 7.11 Å². The molecule has 3 rings (SSSR count). The zero-order valence-corrected chi connectivity index (χ0v) is 12.6.